The van der Waals surface area contributed by atoms with Gasteiger partial charge >= 0.3 is 0 Å². The molecule has 0 aromatic heterocycles. The second kappa shape index (κ2) is 5.46. The van der Waals surface area contributed by atoms with Gasteiger partial charge in [-0.2, -0.15) is 0 Å². The first-order chi connectivity index (χ1) is 7.75. The zero-order chi connectivity index (χ0) is 11.4. The maximum atomic E-state index is 6.10. The van der Waals surface area contributed by atoms with Crippen LogP contribution in [0, 0.1) is 6.92 Å². The number of hydrogen-bond acceptors (Lipinski definition) is 2. The molecule has 0 saturated heterocycles. The third kappa shape index (κ3) is 3.06. The molecule has 1 aliphatic rings. The lowest BCUT2D eigenvalue weighted by atomic mass is 9.91. The van der Waals surface area contributed by atoms with Gasteiger partial charge in [0.05, 0.1) is 0 Å². The molecule has 1 aromatic rings. The summed E-state index contributed by atoms with van der Waals surface area (Å²) in [5.41, 5.74) is 8.77. The number of nitrogens with two attached hydrogens (primary N) is 1. The maximum Gasteiger partial charge on any atom is 0.0222 e. The molecule has 1 fully saturated rings. The monoisotopic (exact) mass is 218 g/mol. The molecule has 3 N–H and O–H groups in total. The van der Waals surface area contributed by atoms with Crippen LogP contribution in [0.15, 0.2) is 24.3 Å². The molecule has 0 aliphatic heterocycles. The van der Waals surface area contributed by atoms with Gasteiger partial charge in [0.15, 0.2) is 0 Å². The molecule has 0 unspecified atom stereocenters. The van der Waals surface area contributed by atoms with E-state index in [-0.39, 0.29) is 0 Å². The van der Waals surface area contributed by atoms with Crippen molar-refractivity contribution in [2.75, 3.05) is 0 Å². The van der Waals surface area contributed by atoms with Crippen LogP contribution in [-0.4, -0.2) is 12.1 Å². The molecule has 2 rings (SSSR count). The minimum Gasteiger partial charge on any atom is -0.326 e. The van der Waals surface area contributed by atoms with Gasteiger partial charge in [-0.05, 0) is 25.3 Å². The smallest absolute Gasteiger partial charge is 0.0222 e. The molecule has 2 heteroatoms. The van der Waals surface area contributed by atoms with Crippen LogP contribution in [0.25, 0.3) is 0 Å². The van der Waals surface area contributed by atoms with E-state index in [2.05, 4.69) is 36.5 Å². The number of rotatable bonds is 3. The van der Waals surface area contributed by atoms with Gasteiger partial charge in [0.2, 0.25) is 0 Å². The van der Waals surface area contributed by atoms with Crippen molar-refractivity contribution in [2.45, 2.75) is 51.2 Å². The molecule has 0 bridgehead atoms. The molecular formula is C14H22N2. The summed E-state index contributed by atoms with van der Waals surface area (Å²) in [6.45, 7) is 3.06. The highest BCUT2D eigenvalue weighted by Crippen LogP contribution is 2.17. The van der Waals surface area contributed by atoms with Gasteiger partial charge in [-0.15, -0.1) is 0 Å². The second-order valence-corrected chi connectivity index (χ2v) is 4.92. The minimum atomic E-state index is 0.346. The van der Waals surface area contributed by atoms with Gasteiger partial charge in [-0.3, -0.25) is 0 Å². The fraction of sp³-hybridized carbons (Fsp3) is 0.571. The van der Waals surface area contributed by atoms with E-state index in [9.17, 15) is 0 Å². The number of nitrogens with one attached hydrogen (secondary N) is 1. The molecule has 0 radical (unpaired) electrons. The Hall–Kier alpha value is -0.860. The van der Waals surface area contributed by atoms with Crippen molar-refractivity contribution in [3.8, 4) is 0 Å². The first-order valence-corrected chi connectivity index (χ1v) is 6.30. The molecule has 1 aliphatic carbocycles. The van der Waals surface area contributed by atoms with E-state index in [0.717, 1.165) is 6.54 Å². The Morgan fingerprint density at radius 2 is 1.88 bits per heavy atom. The molecule has 2 nitrogen and oxygen atoms in total. The Labute approximate surface area is 98.2 Å². The normalized spacial score (nSPS) is 25.6. The van der Waals surface area contributed by atoms with Crippen LogP contribution in [0.1, 0.15) is 36.8 Å². The Balaban J connectivity index is 1.84. The Bertz CT molecular complexity index is 318. The van der Waals surface area contributed by atoms with E-state index < -0.39 is 0 Å². The first-order valence-electron chi connectivity index (χ1n) is 6.30. The van der Waals surface area contributed by atoms with Crippen molar-refractivity contribution < 1.29 is 0 Å². The summed E-state index contributed by atoms with van der Waals surface area (Å²) < 4.78 is 0. The maximum absolute atomic E-state index is 6.10. The fourth-order valence-corrected chi connectivity index (χ4v) is 2.37. The summed E-state index contributed by atoms with van der Waals surface area (Å²) in [5, 5.41) is 3.58. The highest BCUT2D eigenvalue weighted by atomic mass is 15.0. The van der Waals surface area contributed by atoms with E-state index in [1.165, 1.54) is 36.8 Å². The lowest BCUT2D eigenvalue weighted by Crippen LogP contribution is -2.46. The van der Waals surface area contributed by atoms with Crippen LogP contribution in [-0.2, 0) is 6.54 Å². The first kappa shape index (κ1) is 11.6. The van der Waals surface area contributed by atoms with Crippen molar-refractivity contribution in [1.29, 1.82) is 0 Å². The second-order valence-electron chi connectivity index (χ2n) is 4.92. The zero-order valence-corrected chi connectivity index (χ0v) is 10.1. The number of hydrogen-bond donors (Lipinski definition) is 2. The van der Waals surface area contributed by atoms with E-state index in [4.69, 9.17) is 5.73 Å². The Morgan fingerprint density at radius 3 is 2.56 bits per heavy atom. The van der Waals surface area contributed by atoms with Gasteiger partial charge in [-0.25, -0.2) is 0 Å². The van der Waals surface area contributed by atoms with Crippen LogP contribution in [0.5, 0.6) is 0 Å². The topological polar surface area (TPSA) is 38.0 Å². The van der Waals surface area contributed by atoms with Crippen LogP contribution in [0.2, 0.25) is 0 Å². The highest BCUT2D eigenvalue weighted by molar-refractivity contribution is 5.21. The largest absolute Gasteiger partial charge is 0.326 e. The van der Waals surface area contributed by atoms with Gasteiger partial charge in [0.1, 0.15) is 0 Å². The average Bonchev–Trinajstić information content (AvgIpc) is 2.30. The van der Waals surface area contributed by atoms with Crippen molar-refractivity contribution in [2.24, 2.45) is 5.73 Å². The van der Waals surface area contributed by atoms with Crippen molar-refractivity contribution >= 4 is 0 Å². The van der Waals surface area contributed by atoms with Gasteiger partial charge in [-0.1, -0.05) is 42.7 Å². The van der Waals surface area contributed by atoms with Gasteiger partial charge < -0.3 is 11.1 Å². The molecule has 16 heavy (non-hydrogen) atoms. The van der Waals surface area contributed by atoms with Crippen LogP contribution < -0.4 is 11.1 Å². The van der Waals surface area contributed by atoms with Crippen LogP contribution in [0.4, 0.5) is 0 Å². The quantitative estimate of drug-likeness (QED) is 0.817. The molecule has 0 amide bonds. The molecule has 0 heterocycles. The molecule has 0 spiro atoms. The fourth-order valence-electron chi connectivity index (χ4n) is 2.37. The van der Waals surface area contributed by atoms with E-state index in [1.807, 2.05) is 0 Å². The van der Waals surface area contributed by atoms with Gasteiger partial charge in [0, 0.05) is 18.6 Å². The SMILES string of the molecule is Cc1ccc(CN[C@H]2CCCC[C@H]2N)cc1. The van der Waals surface area contributed by atoms with E-state index >= 15 is 0 Å². The zero-order valence-electron chi connectivity index (χ0n) is 10.1. The average molecular weight is 218 g/mol. The van der Waals surface area contributed by atoms with Crippen LogP contribution in [0.3, 0.4) is 0 Å². The lowest BCUT2D eigenvalue weighted by Gasteiger charge is -2.29. The molecule has 1 aromatic carbocycles. The summed E-state index contributed by atoms with van der Waals surface area (Å²) in [4.78, 5) is 0. The summed E-state index contributed by atoms with van der Waals surface area (Å²) >= 11 is 0. The van der Waals surface area contributed by atoms with Crippen molar-refractivity contribution in [3.63, 3.8) is 0 Å². The molecule has 2 atom stereocenters. The summed E-state index contributed by atoms with van der Waals surface area (Å²) in [6.07, 6.45) is 5.02. The van der Waals surface area contributed by atoms with E-state index in [0.29, 0.717) is 12.1 Å². The Kier molecular flexibility index (Phi) is 3.97. The number of benzene rings is 1. The third-order valence-electron chi connectivity index (χ3n) is 3.51. The molecule has 88 valence electrons. The van der Waals surface area contributed by atoms with Crippen molar-refractivity contribution in [1.82, 2.24) is 5.32 Å². The molecule has 1 saturated carbocycles. The number of aryl methyl sites for hydroxylation is 1. The summed E-state index contributed by atoms with van der Waals surface area (Å²) in [5.74, 6) is 0. The third-order valence-corrected chi connectivity index (χ3v) is 3.51. The summed E-state index contributed by atoms with van der Waals surface area (Å²) in [6, 6.07) is 9.57. The Morgan fingerprint density at radius 1 is 1.19 bits per heavy atom. The standard InChI is InChI=1S/C14H22N2/c1-11-6-8-12(9-7-11)10-16-14-5-3-2-4-13(14)15/h6-9,13-14,16H,2-5,10,15H2,1H3/t13-,14+/m1/s1. The van der Waals surface area contributed by atoms with Crippen LogP contribution >= 0.6 is 0 Å². The molecular weight excluding hydrogens is 196 g/mol. The lowest BCUT2D eigenvalue weighted by molar-refractivity contribution is 0.326. The minimum absolute atomic E-state index is 0.346. The highest BCUT2D eigenvalue weighted by Gasteiger charge is 2.20. The summed E-state index contributed by atoms with van der Waals surface area (Å²) in [7, 11) is 0. The van der Waals surface area contributed by atoms with E-state index in [1.54, 1.807) is 0 Å². The predicted octanol–water partition coefficient (Wildman–Crippen LogP) is 2.35. The van der Waals surface area contributed by atoms with Gasteiger partial charge in [0.25, 0.3) is 0 Å². The predicted molar refractivity (Wildman–Crippen MR) is 68.3 cm³/mol. The van der Waals surface area contributed by atoms with Crippen molar-refractivity contribution in [3.05, 3.63) is 35.4 Å².